The molecular weight excluding hydrogens is 370 g/mol. The van der Waals surface area contributed by atoms with Gasteiger partial charge in [-0.25, -0.2) is 8.42 Å². The lowest BCUT2D eigenvalue weighted by atomic mass is 10.2. The zero-order chi connectivity index (χ0) is 20.6. The van der Waals surface area contributed by atoms with Gasteiger partial charge in [0.15, 0.2) is 13.1 Å². The van der Waals surface area contributed by atoms with Crippen LogP contribution in [0.15, 0.2) is 23.1 Å². The minimum atomic E-state index is -3.63. The number of sulfonamides is 1. The van der Waals surface area contributed by atoms with Crippen LogP contribution in [0, 0.1) is 0 Å². The van der Waals surface area contributed by atoms with Gasteiger partial charge in [-0.2, -0.15) is 4.31 Å². The van der Waals surface area contributed by atoms with Crippen molar-refractivity contribution in [1.82, 2.24) is 9.62 Å². The second kappa shape index (κ2) is 10.2. The van der Waals surface area contributed by atoms with E-state index in [-0.39, 0.29) is 29.8 Å². The van der Waals surface area contributed by atoms with Gasteiger partial charge >= 0.3 is 0 Å². The number of quaternary nitrogens is 1. The molecule has 0 aliphatic rings. The van der Waals surface area contributed by atoms with E-state index in [4.69, 9.17) is 0 Å². The van der Waals surface area contributed by atoms with Crippen LogP contribution in [0.1, 0.15) is 13.8 Å². The van der Waals surface area contributed by atoms with Crippen molar-refractivity contribution in [2.45, 2.75) is 18.7 Å². The SMILES string of the molecule is CCN(CC)S(=O)(=O)c1ccc(N(C)C)c(NC(=O)C[NH2+]CC(=O)NC)c1. The fraction of sp³-hybridized carbons (Fsp3) is 0.529. The maximum Gasteiger partial charge on any atom is 0.279 e. The summed E-state index contributed by atoms with van der Waals surface area (Å²) in [7, 11) is 1.51. The molecule has 0 saturated heterocycles. The molecule has 0 spiro atoms. The van der Waals surface area contributed by atoms with Crippen molar-refractivity contribution in [3.05, 3.63) is 18.2 Å². The number of amides is 2. The minimum absolute atomic E-state index is 0.0489. The van der Waals surface area contributed by atoms with Crippen LogP contribution in [0.5, 0.6) is 0 Å². The van der Waals surface area contributed by atoms with Crippen molar-refractivity contribution >= 4 is 33.2 Å². The van der Waals surface area contributed by atoms with Crippen molar-refractivity contribution in [3.63, 3.8) is 0 Å². The van der Waals surface area contributed by atoms with Gasteiger partial charge in [0.05, 0.1) is 16.3 Å². The number of anilines is 2. The number of hydrogen-bond donors (Lipinski definition) is 3. The molecule has 0 fully saturated rings. The van der Waals surface area contributed by atoms with Crippen molar-refractivity contribution in [2.24, 2.45) is 0 Å². The summed E-state index contributed by atoms with van der Waals surface area (Å²) in [6.45, 7) is 4.48. The monoisotopic (exact) mass is 400 g/mol. The summed E-state index contributed by atoms with van der Waals surface area (Å²) in [5, 5.41) is 6.79. The van der Waals surface area contributed by atoms with E-state index < -0.39 is 10.0 Å². The predicted molar refractivity (Wildman–Crippen MR) is 105 cm³/mol. The summed E-state index contributed by atoms with van der Waals surface area (Å²) < 4.78 is 26.8. The van der Waals surface area contributed by atoms with Crippen LogP contribution in [-0.4, -0.2) is 71.9 Å². The highest BCUT2D eigenvalue weighted by molar-refractivity contribution is 7.89. The van der Waals surface area contributed by atoms with E-state index >= 15 is 0 Å². The number of hydrogen-bond acceptors (Lipinski definition) is 5. The maximum atomic E-state index is 12.7. The molecule has 1 aromatic carbocycles. The van der Waals surface area contributed by atoms with Crippen LogP contribution in [0.4, 0.5) is 11.4 Å². The van der Waals surface area contributed by atoms with Crippen LogP contribution in [0.25, 0.3) is 0 Å². The molecule has 0 atom stereocenters. The lowest BCUT2D eigenvalue weighted by Crippen LogP contribution is -2.88. The largest absolute Gasteiger partial charge is 0.376 e. The molecule has 0 unspecified atom stereocenters. The molecule has 1 rings (SSSR count). The van der Waals surface area contributed by atoms with E-state index in [1.807, 2.05) is 0 Å². The number of nitrogens with zero attached hydrogens (tertiary/aromatic N) is 2. The topological polar surface area (TPSA) is 115 Å². The summed E-state index contributed by atoms with van der Waals surface area (Å²) in [5.41, 5.74) is 1.10. The Morgan fingerprint density at radius 2 is 1.67 bits per heavy atom. The van der Waals surface area contributed by atoms with Crippen molar-refractivity contribution < 1.29 is 23.3 Å². The Balaban J connectivity index is 3.06. The van der Waals surface area contributed by atoms with Gasteiger partial charge in [0.1, 0.15) is 0 Å². The Bertz CT molecular complexity index is 761. The van der Waals surface area contributed by atoms with Crippen LogP contribution in [-0.2, 0) is 19.6 Å². The summed E-state index contributed by atoms with van der Waals surface area (Å²) in [6.07, 6.45) is 0. The number of benzene rings is 1. The Hall–Kier alpha value is -2.17. The van der Waals surface area contributed by atoms with Gasteiger partial charge in [-0.1, -0.05) is 13.8 Å². The average Bonchev–Trinajstić information content (AvgIpc) is 2.61. The normalized spacial score (nSPS) is 11.3. The minimum Gasteiger partial charge on any atom is -0.376 e. The summed E-state index contributed by atoms with van der Waals surface area (Å²) in [5.74, 6) is -0.497. The molecule has 10 heteroatoms. The quantitative estimate of drug-likeness (QED) is 0.467. The molecule has 152 valence electrons. The Morgan fingerprint density at radius 3 is 2.19 bits per heavy atom. The molecule has 9 nitrogen and oxygen atoms in total. The highest BCUT2D eigenvalue weighted by Crippen LogP contribution is 2.29. The fourth-order valence-corrected chi connectivity index (χ4v) is 4.00. The van der Waals surface area contributed by atoms with Crippen LogP contribution >= 0.6 is 0 Å². The summed E-state index contributed by atoms with van der Waals surface area (Å²) in [4.78, 5) is 25.3. The third-order valence-corrected chi connectivity index (χ3v) is 6.05. The van der Waals surface area contributed by atoms with Crippen LogP contribution < -0.4 is 20.9 Å². The molecular formula is C17H30N5O4S+. The highest BCUT2D eigenvalue weighted by Gasteiger charge is 2.23. The molecule has 0 radical (unpaired) electrons. The molecule has 0 heterocycles. The number of nitrogens with two attached hydrogens (primary N) is 1. The number of rotatable bonds is 10. The third kappa shape index (κ3) is 6.19. The van der Waals surface area contributed by atoms with E-state index in [0.29, 0.717) is 24.5 Å². The molecule has 0 aliphatic carbocycles. The average molecular weight is 401 g/mol. The van der Waals surface area contributed by atoms with Gasteiger partial charge in [0.2, 0.25) is 10.0 Å². The molecule has 1 aromatic rings. The van der Waals surface area contributed by atoms with E-state index in [2.05, 4.69) is 10.6 Å². The zero-order valence-corrected chi connectivity index (χ0v) is 17.4. The fourth-order valence-electron chi connectivity index (χ4n) is 2.52. The van der Waals surface area contributed by atoms with Gasteiger partial charge in [0.25, 0.3) is 11.8 Å². The molecule has 4 N–H and O–H groups in total. The first-order valence-electron chi connectivity index (χ1n) is 8.80. The lowest BCUT2D eigenvalue weighted by molar-refractivity contribution is -0.632. The third-order valence-electron chi connectivity index (χ3n) is 4.01. The number of nitrogens with one attached hydrogen (secondary N) is 2. The molecule has 0 bridgehead atoms. The first-order chi connectivity index (χ1) is 12.7. The van der Waals surface area contributed by atoms with E-state index in [0.717, 1.165) is 0 Å². The number of likely N-dealkylation sites (N-methyl/N-ethyl adjacent to an activating group) is 1. The first kappa shape index (κ1) is 22.9. The highest BCUT2D eigenvalue weighted by atomic mass is 32.2. The first-order valence-corrected chi connectivity index (χ1v) is 10.2. The predicted octanol–water partition coefficient (Wildman–Crippen LogP) is -0.969. The van der Waals surface area contributed by atoms with E-state index in [9.17, 15) is 18.0 Å². The van der Waals surface area contributed by atoms with Crippen molar-refractivity contribution in [1.29, 1.82) is 0 Å². The molecule has 2 amide bonds. The number of carbonyl (C=O) groups excluding carboxylic acids is 2. The maximum absolute atomic E-state index is 12.7. The lowest BCUT2D eigenvalue weighted by Gasteiger charge is -2.22. The zero-order valence-electron chi connectivity index (χ0n) is 16.6. The second-order valence-corrected chi connectivity index (χ2v) is 8.02. The van der Waals surface area contributed by atoms with Gasteiger partial charge in [-0.3, -0.25) is 9.59 Å². The van der Waals surface area contributed by atoms with Crippen LogP contribution in [0.2, 0.25) is 0 Å². The molecule has 27 heavy (non-hydrogen) atoms. The summed E-state index contributed by atoms with van der Waals surface area (Å²) >= 11 is 0. The van der Waals surface area contributed by atoms with Crippen LogP contribution in [0.3, 0.4) is 0 Å². The van der Waals surface area contributed by atoms with E-state index in [1.165, 1.54) is 23.5 Å². The van der Waals surface area contributed by atoms with Gasteiger partial charge in [-0.15, -0.1) is 0 Å². The van der Waals surface area contributed by atoms with Gasteiger partial charge in [0, 0.05) is 34.2 Å². The number of carbonyl (C=O) groups is 2. The van der Waals surface area contributed by atoms with Crippen molar-refractivity contribution in [3.8, 4) is 0 Å². The second-order valence-electron chi connectivity index (χ2n) is 6.08. The Morgan fingerprint density at radius 1 is 1.07 bits per heavy atom. The standard InChI is InChI=1S/C17H29N5O4S/c1-6-22(7-2)27(25,26)13-8-9-15(21(4)5)14(10-13)20-17(24)12-19-11-16(23)18-3/h8-10,19H,6-7,11-12H2,1-5H3,(H,18,23)(H,20,24)/p+1. The molecule has 0 saturated carbocycles. The van der Waals surface area contributed by atoms with Crippen molar-refractivity contribution in [2.75, 3.05) is 57.5 Å². The Kier molecular flexibility index (Phi) is 8.67. The molecule has 0 aliphatic heterocycles. The van der Waals surface area contributed by atoms with Gasteiger partial charge < -0.3 is 20.9 Å². The smallest absolute Gasteiger partial charge is 0.279 e. The van der Waals surface area contributed by atoms with Gasteiger partial charge in [-0.05, 0) is 18.2 Å². The summed E-state index contributed by atoms with van der Waals surface area (Å²) in [6, 6.07) is 4.68. The van der Waals surface area contributed by atoms with E-state index in [1.54, 1.807) is 44.2 Å². The molecule has 0 aromatic heterocycles. The Labute approximate surface area is 161 Å².